The van der Waals surface area contributed by atoms with Gasteiger partial charge in [-0.05, 0) is 31.5 Å². The highest BCUT2D eigenvalue weighted by Gasteiger charge is 2.15. The van der Waals surface area contributed by atoms with Crippen molar-refractivity contribution in [1.82, 2.24) is 5.32 Å². The number of hydrogen-bond acceptors (Lipinski definition) is 2. The molecule has 2 atom stereocenters. The lowest BCUT2D eigenvalue weighted by molar-refractivity contribution is 0.433. The summed E-state index contributed by atoms with van der Waals surface area (Å²) in [6.07, 6.45) is 1.13. The highest BCUT2D eigenvalue weighted by molar-refractivity contribution is 5.22. The summed E-state index contributed by atoms with van der Waals surface area (Å²) in [6, 6.07) is 5.15. The summed E-state index contributed by atoms with van der Waals surface area (Å²) in [5.41, 5.74) is 0.293. The van der Waals surface area contributed by atoms with Crippen LogP contribution < -0.4 is 5.32 Å². The van der Waals surface area contributed by atoms with Crippen molar-refractivity contribution < 1.29 is 8.78 Å². The van der Waals surface area contributed by atoms with Crippen molar-refractivity contribution >= 4 is 0 Å². The van der Waals surface area contributed by atoms with Crippen LogP contribution in [0.3, 0.4) is 0 Å². The first kappa shape index (κ1) is 13.6. The van der Waals surface area contributed by atoms with Gasteiger partial charge in [0.05, 0.1) is 12.5 Å². The summed E-state index contributed by atoms with van der Waals surface area (Å²) in [5, 5.41) is 11.7. The molecule has 4 heteroatoms. The largest absolute Gasteiger partial charge is 0.306 e. The average Bonchev–Trinajstić information content (AvgIpc) is 2.31. The second-order valence-corrected chi connectivity index (χ2v) is 4.02. The number of hydrogen-bond donors (Lipinski definition) is 1. The summed E-state index contributed by atoms with van der Waals surface area (Å²) in [7, 11) is 0. The van der Waals surface area contributed by atoms with Gasteiger partial charge in [-0.15, -0.1) is 0 Å². The molecule has 2 nitrogen and oxygen atoms in total. The highest BCUT2D eigenvalue weighted by Crippen LogP contribution is 2.19. The van der Waals surface area contributed by atoms with Crippen LogP contribution in [0.2, 0.25) is 0 Å². The van der Waals surface area contributed by atoms with Crippen LogP contribution in [0.4, 0.5) is 8.78 Å². The van der Waals surface area contributed by atoms with Gasteiger partial charge in [0.2, 0.25) is 0 Å². The molecule has 92 valence electrons. The van der Waals surface area contributed by atoms with Crippen LogP contribution in [0, 0.1) is 23.0 Å². The highest BCUT2D eigenvalue weighted by atomic mass is 19.1. The van der Waals surface area contributed by atoms with Gasteiger partial charge >= 0.3 is 0 Å². The Labute approximate surface area is 100 Å². The van der Waals surface area contributed by atoms with Crippen molar-refractivity contribution in [2.24, 2.45) is 0 Å². The molecule has 1 rings (SSSR count). The van der Waals surface area contributed by atoms with E-state index in [-0.39, 0.29) is 12.1 Å². The minimum atomic E-state index is -0.455. The molecule has 0 bridgehead atoms. The first-order chi connectivity index (χ1) is 8.08. The Morgan fingerprint density at radius 2 is 2.12 bits per heavy atom. The van der Waals surface area contributed by atoms with E-state index in [4.69, 9.17) is 5.26 Å². The molecule has 0 saturated carbocycles. The van der Waals surface area contributed by atoms with Crippen LogP contribution in [-0.4, -0.2) is 6.04 Å². The van der Waals surface area contributed by atoms with E-state index in [9.17, 15) is 8.78 Å². The smallest absolute Gasteiger partial charge is 0.128 e. The third-order valence-corrected chi connectivity index (χ3v) is 2.74. The van der Waals surface area contributed by atoms with E-state index < -0.39 is 11.6 Å². The Balaban J connectivity index is 2.78. The quantitative estimate of drug-likeness (QED) is 0.854. The van der Waals surface area contributed by atoms with E-state index in [1.807, 2.05) is 6.92 Å². The van der Waals surface area contributed by atoms with Crippen LogP contribution in [0.25, 0.3) is 0 Å². The fourth-order valence-electron chi connectivity index (χ4n) is 1.72. The predicted molar refractivity (Wildman–Crippen MR) is 62.2 cm³/mol. The molecule has 0 amide bonds. The first-order valence-corrected chi connectivity index (χ1v) is 5.66. The number of halogens is 2. The maximum Gasteiger partial charge on any atom is 0.128 e. The summed E-state index contributed by atoms with van der Waals surface area (Å²) >= 11 is 0. The summed E-state index contributed by atoms with van der Waals surface area (Å²) in [4.78, 5) is 0. The zero-order valence-electron chi connectivity index (χ0n) is 10.0. The second kappa shape index (κ2) is 6.31. The van der Waals surface area contributed by atoms with Gasteiger partial charge < -0.3 is 5.32 Å². The molecule has 0 aromatic heterocycles. The summed E-state index contributed by atoms with van der Waals surface area (Å²) < 4.78 is 26.5. The van der Waals surface area contributed by atoms with E-state index in [0.717, 1.165) is 18.6 Å². The normalized spacial score (nSPS) is 14.1. The van der Waals surface area contributed by atoms with Crippen LogP contribution >= 0.6 is 0 Å². The summed E-state index contributed by atoms with van der Waals surface area (Å²) in [6.45, 7) is 3.71. The van der Waals surface area contributed by atoms with Gasteiger partial charge in [0.1, 0.15) is 11.6 Å². The zero-order chi connectivity index (χ0) is 12.8. The van der Waals surface area contributed by atoms with Gasteiger partial charge in [-0.3, -0.25) is 0 Å². The lowest BCUT2D eigenvalue weighted by atomic mass is 10.0. The van der Waals surface area contributed by atoms with Gasteiger partial charge in [-0.2, -0.15) is 5.26 Å². The maximum atomic E-state index is 13.5. The average molecular weight is 238 g/mol. The second-order valence-electron chi connectivity index (χ2n) is 4.02. The van der Waals surface area contributed by atoms with E-state index in [1.54, 1.807) is 6.92 Å². The Kier molecular flexibility index (Phi) is 5.05. The Bertz CT molecular complexity index is 412. The Morgan fingerprint density at radius 3 is 2.71 bits per heavy atom. The minimum Gasteiger partial charge on any atom is -0.306 e. The number of benzene rings is 1. The van der Waals surface area contributed by atoms with Crippen molar-refractivity contribution in [3.8, 4) is 6.07 Å². The fraction of sp³-hybridized carbons (Fsp3) is 0.462. The molecule has 0 aliphatic rings. The molecular weight excluding hydrogens is 222 g/mol. The topological polar surface area (TPSA) is 35.8 Å². The molecule has 0 aliphatic heterocycles. The first-order valence-electron chi connectivity index (χ1n) is 5.66. The van der Waals surface area contributed by atoms with Crippen LogP contribution in [0.5, 0.6) is 0 Å². The van der Waals surface area contributed by atoms with E-state index >= 15 is 0 Å². The van der Waals surface area contributed by atoms with E-state index in [2.05, 4.69) is 11.4 Å². The zero-order valence-corrected chi connectivity index (χ0v) is 10.0. The molecule has 2 unspecified atom stereocenters. The van der Waals surface area contributed by atoms with Crippen molar-refractivity contribution in [2.45, 2.75) is 38.8 Å². The Hall–Kier alpha value is -1.47. The third kappa shape index (κ3) is 3.79. The predicted octanol–water partition coefficient (Wildman–Crippen LogP) is 3.31. The molecule has 1 aromatic carbocycles. The van der Waals surface area contributed by atoms with Gasteiger partial charge in [0.15, 0.2) is 0 Å². The van der Waals surface area contributed by atoms with E-state index in [1.165, 1.54) is 6.07 Å². The molecule has 1 N–H and O–H groups in total. The van der Waals surface area contributed by atoms with E-state index in [0.29, 0.717) is 12.0 Å². The lowest BCUT2D eigenvalue weighted by Gasteiger charge is -2.21. The van der Waals surface area contributed by atoms with Crippen LogP contribution in [0.1, 0.15) is 38.3 Å². The number of nitrogens with one attached hydrogen (secondary N) is 1. The van der Waals surface area contributed by atoms with Crippen molar-refractivity contribution in [2.75, 3.05) is 0 Å². The Morgan fingerprint density at radius 1 is 1.41 bits per heavy atom. The molecule has 17 heavy (non-hydrogen) atoms. The van der Waals surface area contributed by atoms with Crippen LogP contribution in [-0.2, 0) is 0 Å². The molecule has 0 spiro atoms. The van der Waals surface area contributed by atoms with Crippen molar-refractivity contribution in [3.63, 3.8) is 0 Å². The number of nitriles is 1. The molecule has 0 fully saturated rings. The lowest BCUT2D eigenvalue weighted by Crippen LogP contribution is -2.31. The van der Waals surface area contributed by atoms with Gasteiger partial charge in [-0.1, -0.05) is 6.92 Å². The van der Waals surface area contributed by atoms with Gasteiger partial charge in [0.25, 0.3) is 0 Å². The van der Waals surface area contributed by atoms with Crippen molar-refractivity contribution in [1.29, 1.82) is 5.26 Å². The molecule has 0 heterocycles. The minimum absolute atomic E-state index is 0.00216. The third-order valence-electron chi connectivity index (χ3n) is 2.74. The van der Waals surface area contributed by atoms with Gasteiger partial charge in [0, 0.05) is 17.6 Å². The molecule has 1 aromatic rings. The van der Waals surface area contributed by atoms with Crippen molar-refractivity contribution in [3.05, 3.63) is 35.4 Å². The number of rotatable bonds is 5. The molecule has 0 radical (unpaired) electrons. The van der Waals surface area contributed by atoms with Crippen LogP contribution in [0.15, 0.2) is 18.2 Å². The molecule has 0 aliphatic carbocycles. The monoisotopic (exact) mass is 238 g/mol. The summed E-state index contributed by atoms with van der Waals surface area (Å²) in [5.74, 6) is -0.887. The standard InChI is InChI=1S/C13H16F2N2/c1-3-11(6-7-16)17-9(2)12-8-10(14)4-5-13(12)15/h4-5,8-9,11,17H,3,6H2,1-2H3. The fourth-order valence-corrected chi connectivity index (χ4v) is 1.72. The molecular formula is C13H16F2N2. The SMILES string of the molecule is CCC(CC#N)NC(C)c1cc(F)ccc1F. The number of nitrogens with zero attached hydrogens (tertiary/aromatic N) is 1. The van der Waals surface area contributed by atoms with Gasteiger partial charge in [-0.25, -0.2) is 8.78 Å². The maximum absolute atomic E-state index is 13.5. The molecule has 0 saturated heterocycles.